The number of nitrogens with one attached hydrogen (secondary N) is 2. The van der Waals surface area contributed by atoms with Crippen molar-refractivity contribution in [2.24, 2.45) is 0 Å². The van der Waals surface area contributed by atoms with Gasteiger partial charge in [0.25, 0.3) is 5.91 Å². The van der Waals surface area contributed by atoms with E-state index < -0.39 is 18.5 Å². The minimum Gasteiger partial charge on any atom is -0.451 e. The zero-order valence-electron chi connectivity index (χ0n) is 13.3. The summed E-state index contributed by atoms with van der Waals surface area (Å²) in [6.45, 7) is 1.63. The van der Waals surface area contributed by atoms with Gasteiger partial charge in [-0.1, -0.05) is 25.5 Å². The summed E-state index contributed by atoms with van der Waals surface area (Å²) in [4.78, 5) is 23.6. The number of amides is 1. The maximum atomic E-state index is 11.8. The number of carbonyl (C=O) groups is 2. The molecule has 0 spiro atoms. The van der Waals surface area contributed by atoms with Crippen molar-refractivity contribution in [3.8, 4) is 6.07 Å². The van der Waals surface area contributed by atoms with Crippen LogP contribution in [0.1, 0.15) is 35.1 Å². The minimum absolute atomic E-state index is 0.159. The van der Waals surface area contributed by atoms with Crippen molar-refractivity contribution < 1.29 is 14.3 Å². The molecule has 0 saturated carbocycles. The van der Waals surface area contributed by atoms with E-state index >= 15 is 0 Å². The Hall–Kier alpha value is -3.14. The lowest BCUT2D eigenvalue weighted by atomic mass is 10.1. The number of carbonyl (C=O) groups excluding carboxylic acids is 2. The maximum Gasteiger partial charge on any atom is 0.359 e. The average molecular weight is 326 g/mol. The van der Waals surface area contributed by atoms with Gasteiger partial charge in [-0.3, -0.25) is 9.89 Å². The molecule has 1 amide bonds. The Labute approximate surface area is 139 Å². The van der Waals surface area contributed by atoms with Crippen LogP contribution in [-0.4, -0.2) is 28.7 Å². The SMILES string of the molecule is CCCc1cc(C(=O)OCC(=O)Nc2ccc(CC#N)cc2)n[nH]1. The number of ether oxygens (including phenoxy) is 1. The van der Waals surface area contributed by atoms with Gasteiger partial charge < -0.3 is 10.1 Å². The highest BCUT2D eigenvalue weighted by molar-refractivity contribution is 5.94. The van der Waals surface area contributed by atoms with Crippen LogP contribution in [0.5, 0.6) is 0 Å². The van der Waals surface area contributed by atoms with Gasteiger partial charge in [0.1, 0.15) is 0 Å². The van der Waals surface area contributed by atoms with Crippen LogP contribution in [0.2, 0.25) is 0 Å². The van der Waals surface area contributed by atoms with Gasteiger partial charge in [0.2, 0.25) is 0 Å². The van der Waals surface area contributed by atoms with E-state index in [0.29, 0.717) is 12.1 Å². The molecule has 1 heterocycles. The van der Waals surface area contributed by atoms with Crippen LogP contribution < -0.4 is 5.32 Å². The van der Waals surface area contributed by atoms with Crippen LogP contribution in [0.25, 0.3) is 0 Å². The molecule has 0 aliphatic carbocycles. The van der Waals surface area contributed by atoms with E-state index in [-0.39, 0.29) is 5.69 Å². The number of aromatic amines is 1. The summed E-state index contributed by atoms with van der Waals surface area (Å²) in [5.41, 5.74) is 2.45. The fraction of sp³-hybridized carbons (Fsp3) is 0.294. The lowest BCUT2D eigenvalue weighted by molar-refractivity contribution is -0.119. The normalized spacial score (nSPS) is 10.0. The number of esters is 1. The van der Waals surface area contributed by atoms with Crippen molar-refractivity contribution in [3.63, 3.8) is 0 Å². The summed E-state index contributed by atoms with van der Waals surface area (Å²) >= 11 is 0. The number of hydrogen-bond acceptors (Lipinski definition) is 5. The van der Waals surface area contributed by atoms with Crippen molar-refractivity contribution >= 4 is 17.6 Å². The number of rotatable bonds is 7. The van der Waals surface area contributed by atoms with Crippen LogP contribution in [0.4, 0.5) is 5.69 Å². The predicted molar refractivity (Wildman–Crippen MR) is 87.3 cm³/mol. The van der Waals surface area contributed by atoms with Crippen molar-refractivity contribution in [1.82, 2.24) is 10.2 Å². The first-order valence-electron chi connectivity index (χ1n) is 7.59. The molecule has 0 aliphatic heterocycles. The van der Waals surface area contributed by atoms with Crippen molar-refractivity contribution in [1.29, 1.82) is 5.26 Å². The summed E-state index contributed by atoms with van der Waals surface area (Å²) < 4.78 is 4.94. The Morgan fingerprint density at radius 2 is 2.08 bits per heavy atom. The lowest BCUT2D eigenvalue weighted by Gasteiger charge is -2.06. The second-order valence-electron chi connectivity index (χ2n) is 5.18. The molecular weight excluding hydrogens is 308 g/mol. The number of nitriles is 1. The Morgan fingerprint density at radius 1 is 1.33 bits per heavy atom. The van der Waals surface area contributed by atoms with Crippen LogP contribution in [0.3, 0.4) is 0 Å². The first-order chi connectivity index (χ1) is 11.6. The highest BCUT2D eigenvalue weighted by Gasteiger charge is 2.14. The lowest BCUT2D eigenvalue weighted by Crippen LogP contribution is -2.21. The van der Waals surface area contributed by atoms with Crippen molar-refractivity contribution in [3.05, 3.63) is 47.3 Å². The predicted octanol–water partition coefficient (Wildman–Crippen LogP) is 2.22. The Bertz CT molecular complexity index is 744. The topological polar surface area (TPSA) is 108 Å². The number of anilines is 1. The molecule has 2 rings (SSSR count). The van der Waals surface area contributed by atoms with E-state index in [1.165, 1.54) is 0 Å². The van der Waals surface area contributed by atoms with E-state index in [2.05, 4.69) is 15.5 Å². The number of benzene rings is 1. The Balaban J connectivity index is 1.81. The minimum atomic E-state index is -0.645. The van der Waals surface area contributed by atoms with Crippen LogP contribution in [0.15, 0.2) is 30.3 Å². The third kappa shape index (κ3) is 4.95. The summed E-state index contributed by atoms with van der Waals surface area (Å²) in [6.07, 6.45) is 2.05. The van der Waals surface area contributed by atoms with Gasteiger partial charge in [0.05, 0.1) is 12.5 Å². The molecule has 0 aliphatic rings. The smallest absolute Gasteiger partial charge is 0.359 e. The first kappa shape index (κ1) is 17.2. The number of nitrogens with zero attached hydrogens (tertiary/aromatic N) is 2. The van der Waals surface area contributed by atoms with E-state index in [0.717, 1.165) is 24.1 Å². The Morgan fingerprint density at radius 3 is 2.75 bits per heavy atom. The number of hydrogen-bond donors (Lipinski definition) is 2. The standard InChI is InChI=1S/C17H18N4O3/c1-2-3-14-10-15(21-20-14)17(23)24-11-16(22)19-13-6-4-12(5-7-13)8-9-18/h4-7,10H,2-3,8,11H2,1H3,(H,19,22)(H,20,21). The van der Waals surface area contributed by atoms with Gasteiger partial charge in [-0.2, -0.15) is 10.4 Å². The highest BCUT2D eigenvalue weighted by atomic mass is 16.5. The van der Waals surface area contributed by atoms with Crippen LogP contribution in [-0.2, 0) is 22.4 Å². The van der Waals surface area contributed by atoms with Crippen molar-refractivity contribution in [2.45, 2.75) is 26.2 Å². The van der Waals surface area contributed by atoms with Gasteiger partial charge in [-0.05, 0) is 30.2 Å². The molecule has 0 unspecified atom stereocenters. The quantitative estimate of drug-likeness (QED) is 0.759. The fourth-order valence-electron chi connectivity index (χ4n) is 2.06. The Kier molecular flexibility index (Phi) is 6.08. The van der Waals surface area contributed by atoms with E-state index in [1.54, 1.807) is 30.3 Å². The second kappa shape index (κ2) is 8.48. The molecule has 1 aromatic heterocycles. The summed E-state index contributed by atoms with van der Waals surface area (Å²) in [7, 11) is 0. The van der Waals surface area contributed by atoms with Crippen molar-refractivity contribution in [2.75, 3.05) is 11.9 Å². The van der Waals surface area contributed by atoms with Gasteiger partial charge in [-0.15, -0.1) is 0 Å². The third-order valence-electron chi connectivity index (χ3n) is 3.21. The highest BCUT2D eigenvalue weighted by Crippen LogP contribution is 2.10. The maximum absolute atomic E-state index is 11.8. The number of aromatic nitrogens is 2. The summed E-state index contributed by atoms with van der Waals surface area (Å²) in [5, 5.41) is 17.8. The zero-order chi connectivity index (χ0) is 17.4. The molecule has 0 radical (unpaired) electrons. The zero-order valence-corrected chi connectivity index (χ0v) is 13.3. The average Bonchev–Trinajstić information content (AvgIpc) is 3.04. The molecule has 0 atom stereocenters. The molecular formula is C17H18N4O3. The number of aryl methyl sites for hydroxylation is 1. The van der Waals surface area contributed by atoms with E-state index in [1.807, 2.05) is 13.0 Å². The van der Waals surface area contributed by atoms with E-state index in [4.69, 9.17) is 10.00 Å². The summed E-state index contributed by atoms with van der Waals surface area (Å²) in [5.74, 6) is -1.09. The molecule has 24 heavy (non-hydrogen) atoms. The monoisotopic (exact) mass is 326 g/mol. The number of H-pyrrole nitrogens is 1. The van der Waals surface area contributed by atoms with Gasteiger partial charge in [-0.25, -0.2) is 4.79 Å². The van der Waals surface area contributed by atoms with Crippen LogP contribution in [0, 0.1) is 11.3 Å². The fourth-order valence-corrected chi connectivity index (χ4v) is 2.06. The molecule has 1 aromatic carbocycles. The molecule has 0 bridgehead atoms. The molecule has 124 valence electrons. The molecule has 0 fully saturated rings. The molecule has 7 heteroatoms. The molecule has 2 N–H and O–H groups in total. The second-order valence-corrected chi connectivity index (χ2v) is 5.18. The van der Waals surface area contributed by atoms with Gasteiger partial charge in [0.15, 0.2) is 12.3 Å². The summed E-state index contributed by atoms with van der Waals surface area (Å²) in [6, 6.07) is 10.6. The first-order valence-corrected chi connectivity index (χ1v) is 7.59. The van der Waals surface area contributed by atoms with Gasteiger partial charge >= 0.3 is 5.97 Å². The largest absolute Gasteiger partial charge is 0.451 e. The van der Waals surface area contributed by atoms with Crippen LogP contribution >= 0.6 is 0 Å². The molecule has 7 nitrogen and oxygen atoms in total. The molecule has 2 aromatic rings. The van der Waals surface area contributed by atoms with E-state index in [9.17, 15) is 9.59 Å². The third-order valence-corrected chi connectivity index (χ3v) is 3.21. The van der Waals surface area contributed by atoms with Gasteiger partial charge in [0, 0.05) is 11.4 Å². The molecule has 0 saturated heterocycles.